The number of hydrogen-bond donors (Lipinski definition) is 1. The van der Waals surface area contributed by atoms with Gasteiger partial charge >= 0.3 is 11.9 Å². The Balaban J connectivity index is 3.42. The van der Waals surface area contributed by atoms with Gasteiger partial charge in [-0.3, -0.25) is 9.59 Å². The lowest BCUT2D eigenvalue weighted by molar-refractivity contribution is 0.0478. The van der Waals surface area contributed by atoms with E-state index in [1.54, 1.807) is 13.8 Å². The molecule has 0 fully saturated rings. The van der Waals surface area contributed by atoms with Crippen LogP contribution in [-0.2, 0) is 9.47 Å². The van der Waals surface area contributed by atoms with Crippen molar-refractivity contribution in [3.63, 3.8) is 0 Å². The predicted octanol–water partition coefficient (Wildman–Crippen LogP) is 0.993. The molecule has 0 saturated carbocycles. The summed E-state index contributed by atoms with van der Waals surface area (Å²) >= 11 is 0. The van der Waals surface area contributed by atoms with Crippen LogP contribution in [-0.4, -0.2) is 42.7 Å². The summed E-state index contributed by atoms with van der Waals surface area (Å²) in [7, 11) is 0. The second-order valence-corrected chi connectivity index (χ2v) is 3.38. The first-order chi connectivity index (χ1) is 9.10. The highest BCUT2D eigenvalue weighted by Crippen LogP contribution is 2.19. The van der Waals surface area contributed by atoms with Crippen LogP contribution in [0.3, 0.4) is 0 Å². The molecule has 0 bridgehead atoms. The number of hydrogen-bond acceptors (Lipinski definition) is 6. The molecule has 0 radical (unpaired) electrons. The van der Waals surface area contributed by atoms with E-state index in [4.69, 9.17) is 9.47 Å². The molecule has 0 aliphatic carbocycles. The molecular weight excluding hydrogens is 254 g/mol. The van der Waals surface area contributed by atoms with Gasteiger partial charge in [-0.05, 0) is 13.8 Å². The minimum atomic E-state index is -0.864. The van der Waals surface area contributed by atoms with Crippen molar-refractivity contribution in [3.8, 4) is 0 Å². The van der Waals surface area contributed by atoms with Crippen LogP contribution < -0.4 is 0 Å². The Kier molecular flexibility index (Phi) is 4.99. The average Bonchev–Trinajstić information content (AvgIpc) is 2.77. The monoisotopic (exact) mass is 267 g/mol. The van der Waals surface area contributed by atoms with Crippen molar-refractivity contribution in [2.45, 2.75) is 13.8 Å². The minimum Gasteiger partial charge on any atom is -0.462 e. The summed E-state index contributed by atoms with van der Waals surface area (Å²) in [6.45, 7) is 3.30. The van der Waals surface area contributed by atoms with Crippen LogP contribution in [0.15, 0.2) is 0 Å². The van der Waals surface area contributed by atoms with Gasteiger partial charge in [0.1, 0.15) is 11.1 Å². The van der Waals surface area contributed by atoms with Crippen molar-refractivity contribution < 1.29 is 28.7 Å². The van der Waals surface area contributed by atoms with E-state index in [1.165, 1.54) is 0 Å². The van der Waals surface area contributed by atoms with E-state index in [-0.39, 0.29) is 35.7 Å². The fourth-order valence-corrected chi connectivity index (χ4v) is 1.55. The van der Waals surface area contributed by atoms with Gasteiger partial charge in [-0.15, -0.1) is 0 Å². The molecule has 7 nitrogen and oxygen atoms in total. The van der Waals surface area contributed by atoms with E-state index in [9.17, 15) is 19.2 Å². The van der Waals surface area contributed by atoms with Crippen LogP contribution in [0.5, 0.6) is 0 Å². The molecule has 0 unspecified atom stereocenters. The Bertz CT molecular complexity index is 472. The van der Waals surface area contributed by atoms with E-state index in [2.05, 4.69) is 4.98 Å². The van der Waals surface area contributed by atoms with Crippen molar-refractivity contribution in [3.05, 3.63) is 22.5 Å². The van der Waals surface area contributed by atoms with Gasteiger partial charge in [0, 0.05) is 0 Å². The third-order valence-corrected chi connectivity index (χ3v) is 2.25. The smallest absolute Gasteiger partial charge is 0.341 e. The van der Waals surface area contributed by atoms with Gasteiger partial charge in [-0.1, -0.05) is 0 Å². The van der Waals surface area contributed by atoms with Crippen LogP contribution in [0.4, 0.5) is 0 Å². The number of rotatable bonds is 6. The van der Waals surface area contributed by atoms with Gasteiger partial charge in [-0.25, -0.2) is 9.59 Å². The molecule has 1 N–H and O–H groups in total. The van der Waals surface area contributed by atoms with Crippen LogP contribution in [0.2, 0.25) is 0 Å². The number of carbonyl (C=O) groups excluding carboxylic acids is 4. The molecule has 0 atom stereocenters. The van der Waals surface area contributed by atoms with Gasteiger partial charge in [-0.2, -0.15) is 0 Å². The zero-order valence-corrected chi connectivity index (χ0v) is 10.5. The quantitative estimate of drug-likeness (QED) is 0.609. The third kappa shape index (κ3) is 2.87. The van der Waals surface area contributed by atoms with E-state index < -0.39 is 11.9 Å². The fourth-order valence-electron chi connectivity index (χ4n) is 1.55. The summed E-state index contributed by atoms with van der Waals surface area (Å²) in [4.78, 5) is 47.7. The number of esters is 2. The molecule has 1 aromatic rings. The first-order valence-electron chi connectivity index (χ1n) is 5.61. The Morgan fingerprint density at radius 2 is 1.32 bits per heavy atom. The average molecular weight is 267 g/mol. The van der Waals surface area contributed by atoms with Crippen LogP contribution in [0.1, 0.15) is 55.5 Å². The molecule has 0 aromatic carbocycles. The van der Waals surface area contributed by atoms with Gasteiger partial charge in [0.15, 0.2) is 12.6 Å². The summed E-state index contributed by atoms with van der Waals surface area (Å²) in [5.41, 5.74) is -0.943. The van der Waals surface area contributed by atoms with E-state index >= 15 is 0 Å². The lowest BCUT2D eigenvalue weighted by atomic mass is 10.1. The van der Waals surface area contributed by atoms with Crippen LogP contribution in [0, 0.1) is 0 Å². The number of carbonyl (C=O) groups is 4. The highest BCUT2D eigenvalue weighted by atomic mass is 16.5. The van der Waals surface area contributed by atoms with Crippen molar-refractivity contribution in [2.75, 3.05) is 13.2 Å². The Hall–Kier alpha value is -2.44. The number of ether oxygens (including phenoxy) is 2. The summed E-state index contributed by atoms with van der Waals surface area (Å²) < 4.78 is 9.51. The molecule has 0 aliphatic rings. The molecule has 19 heavy (non-hydrogen) atoms. The van der Waals surface area contributed by atoms with Gasteiger partial charge < -0.3 is 14.5 Å². The lowest BCUT2D eigenvalue weighted by Crippen LogP contribution is -2.14. The maximum atomic E-state index is 11.8. The zero-order chi connectivity index (χ0) is 14.4. The molecule has 0 aliphatic heterocycles. The third-order valence-electron chi connectivity index (χ3n) is 2.25. The molecule has 7 heteroatoms. The molecule has 0 saturated heterocycles. The number of aromatic nitrogens is 1. The number of H-pyrrole nitrogens is 1. The van der Waals surface area contributed by atoms with E-state index in [0.717, 1.165) is 0 Å². The van der Waals surface area contributed by atoms with E-state index in [0.29, 0.717) is 12.6 Å². The second kappa shape index (κ2) is 6.48. The zero-order valence-electron chi connectivity index (χ0n) is 10.5. The van der Waals surface area contributed by atoms with E-state index in [1.807, 2.05) is 0 Å². The van der Waals surface area contributed by atoms with Gasteiger partial charge in [0.05, 0.1) is 24.6 Å². The Morgan fingerprint density at radius 3 is 1.58 bits per heavy atom. The first-order valence-corrected chi connectivity index (χ1v) is 5.61. The first kappa shape index (κ1) is 14.6. The minimum absolute atomic E-state index is 0.0704. The Labute approximate surface area is 108 Å². The number of aromatic amines is 1. The number of nitrogens with one attached hydrogen (secondary N) is 1. The normalized spacial score (nSPS) is 9.79. The molecule has 1 aromatic heterocycles. The summed E-state index contributed by atoms with van der Waals surface area (Å²) in [5.74, 6) is -1.73. The van der Waals surface area contributed by atoms with Crippen LogP contribution >= 0.6 is 0 Å². The SMILES string of the molecule is CCOC(=O)c1c(C=O)[nH]c(C=O)c1C(=O)OCC. The standard InChI is InChI=1S/C12H13NO6/c1-3-18-11(16)9-7(5-14)13-8(6-15)10(9)12(17)19-4-2/h5-6,13H,3-4H2,1-2H3. The topological polar surface area (TPSA) is 103 Å². The lowest BCUT2D eigenvalue weighted by Gasteiger charge is -2.05. The molecule has 0 amide bonds. The Morgan fingerprint density at radius 1 is 0.947 bits per heavy atom. The summed E-state index contributed by atoms with van der Waals surface area (Å²) in [5, 5.41) is 0. The molecule has 1 heterocycles. The fraction of sp³-hybridized carbons (Fsp3) is 0.333. The van der Waals surface area contributed by atoms with Crippen molar-refractivity contribution >= 4 is 24.5 Å². The molecular formula is C12H13NO6. The molecule has 102 valence electrons. The second-order valence-electron chi connectivity index (χ2n) is 3.38. The van der Waals surface area contributed by atoms with Crippen LogP contribution in [0.25, 0.3) is 0 Å². The maximum Gasteiger partial charge on any atom is 0.341 e. The number of aldehydes is 2. The predicted molar refractivity (Wildman–Crippen MR) is 63.5 cm³/mol. The summed E-state index contributed by atoms with van der Waals surface area (Å²) in [6, 6.07) is 0. The molecule has 0 spiro atoms. The highest BCUT2D eigenvalue weighted by molar-refractivity contribution is 6.11. The van der Waals surface area contributed by atoms with Crippen molar-refractivity contribution in [1.29, 1.82) is 0 Å². The molecule has 1 rings (SSSR count). The highest BCUT2D eigenvalue weighted by Gasteiger charge is 2.29. The summed E-state index contributed by atoms with van der Waals surface area (Å²) in [6.07, 6.45) is 0.671. The van der Waals surface area contributed by atoms with Gasteiger partial charge in [0.2, 0.25) is 0 Å². The van der Waals surface area contributed by atoms with Crippen molar-refractivity contribution in [2.24, 2.45) is 0 Å². The maximum absolute atomic E-state index is 11.8. The van der Waals surface area contributed by atoms with Crippen molar-refractivity contribution in [1.82, 2.24) is 4.98 Å². The van der Waals surface area contributed by atoms with Gasteiger partial charge in [0.25, 0.3) is 0 Å². The largest absolute Gasteiger partial charge is 0.462 e.